The zero-order valence-electron chi connectivity index (χ0n) is 43.0. The number of hydrogen-bond donors (Lipinski definition) is 12. The number of piperazine rings is 2. The van der Waals surface area contributed by atoms with Gasteiger partial charge in [-0.3, -0.25) is 23.6 Å². The molecule has 32 heteroatoms. The van der Waals surface area contributed by atoms with Crippen LogP contribution in [0.3, 0.4) is 0 Å². The second-order valence-electron chi connectivity index (χ2n) is 18.4. The van der Waals surface area contributed by atoms with Crippen LogP contribution in [0.2, 0.25) is 0 Å². The number of amides is 10. The average Bonchev–Trinajstić information content (AvgIpc) is 4.01. The van der Waals surface area contributed by atoms with Crippen LogP contribution < -0.4 is 31.9 Å². The summed E-state index contributed by atoms with van der Waals surface area (Å²) in [6.45, 7) is 0.655. The molecule has 10 amide bonds. The predicted molar refractivity (Wildman–Crippen MR) is 268 cm³/mol. The molecule has 0 radical (unpaired) electrons. The molecule has 4 atom stereocenters. The third-order valence-corrected chi connectivity index (χ3v) is 12.6. The van der Waals surface area contributed by atoms with Crippen LogP contribution in [0.1, 0.15) is 97.0 Å². The standard InChI is InChI=1S/C47H66FN13O18/c48-13-5-6-30-27-61(56-55-30)31-25-28(38(66)57-16-20-59(21-17-57)46(78)49-14-3-1-7-32(40(68)69)51-44(76)53-34(42(72)73)9-11-36(62)63)24-29(26-31)39(67)58-18-22-60(23-19-58)47(79)50-15-4-2-8-33(41(70)71)52-45(77)54-35(43(74)75)10-12-37(64)65/h24-27,32-35H,1-23H2,(H,49,78)(H,50,79)(H,62,63)(H,64,65)(H,68,69)(H,70,71)(H,72,73)(H,74,75)(H2,51,53,76)(H2,52,54,77)/t32-,33+,34-,35+. The van der Waals surface area contributed by atoms with Gasteiger partial charge in [0.25, 0.3) is 11.8 Å². The van der Waals surface area contributed by atoms with E-state index < -0.39 is 128 Å². The van der Waals surface area contributed by atoms with Gasteiger partial charge in [0.2, 0.25) is 0 Å². The number of carboxylic acids is 6. The summed E-state index contributed by atoms with van der Waals surface area (Å²) in [5.41, 5.74) is 1.03. The van der Waals surface area contributed by atoms with Crippen LogP contribution in [0.25, 0.3) is 5.69 Å². The van der Waals surface area contributed by atoms with Gasteiger partial charge >= 0.3 is 59.9 Å². The number of nitrogens with one attached hydrogen (secondary N) is 6. The fourth-order valence-corrected chi connectivity index (χ4v) is 8.21. The zero-order chi connectivity index (χ0) is 58.2. The Hall–Kier alpha value is -8.87. The SMILES string of the molecule is O=C(O)CC[C@H](NC(=O)N[C@@H](CCCCNC(=O)N1CCN(C(=O)c2cc(C(=O)N3CCN(C(=O)NCCCC[C@@H](NC(=O)N[C@H](CCC(=O)O)C(=O)O)C(=O)O)CC3)cc(-n3cc(CCCF)nn3)c2)CC1)C(=O)O)C(=O)O. The smallest absolute Gasteiger partial charge is 0.326 e. The molecule has 1 aromatic heterocycles. The fraction of sp³-hybridized carbons (Fsp3) is 0.574. The van der Waals surface area contributed by atoms with E-state index in [0.717, 1.165) is 0 Å². The van der Waals surface area contributed by atoms with Gasteiger partial charge in [-0.25, -0.2) is 43.0 Å². The highest BCUT2D eigenvalue weighted by molar-refractivity contribution is 6.01. The summed E-state index contributed by atoms with van der Waals surface area (Å²) in [6.07, 6.45) is 1.03. The van der Waals surface area contributed by atoms with Crippen molar-refractivity contribution in [1.29, 1.82) is 0 Å². The normalized spacial score (nSPS) is 14.8. The number of nitrogens with zero attached hydrogens (tertiary/aromatic N) is 7. The topological polar surface area (TPSA) is 442 Å². The van der Waals surface area contributed by atoms with Crippen molar-refractivity contribution in [2.24, 2.45) is 0 Å². The van der Waals surface area contributed by atoms with Crippen molar-refractivity contribution in [3.63, 3.8) is 0 Å². The fourth-order valence-electron chi connectivity index (χ4n) is 8.21. The molecule has 2 fully saturated rings. The van der Waals surface area contributed by atoms with Gasteiger partial charge in [-0.05, 0) is 82.4 Å². The zero-order valence-corrected chi connectivity index (χ0v) is 43.0. The summed E-state index contributed by atoms with van der Waals surface area (Å²) in [5.74, 6) is -9.24. The monoisotopic (exact) mass is 1120 g/mol. The predicted octanol–water partition coefficient (Wildman–Crippen LogP) is -0.414. The quantitative estimate of drug-likeness (QED) is 0.0442. The van der Waals surface area contributed by atoms with Crippen molar-refractivity contribution in [1.82, 2.24) is 66.5 Å². The molecule has 0 unspecified atom stereocenters. The minimum absolute atomic E-state index is 0.0750. The Kier molecular flexibility index (Phi) is 24.9. The number of aryl methyl sites for hydroxylation is 1. The largest absolute Gasteiger partial charge is 0.481 e. The third-order valence-electron chi connectivity index (χ3n) is 12.6. The van der Waals surface area contributed by atoms with Crippen LogP contribution in [0.15, 0.2) is 24.4 Å². The molecule has 4 rings (SSSR count). The number of carbonyl (C=O) groups is 12. The Morgan fingerprint density at radius 3 is 1.22 bits per heavy atom. The lowest BCUT2D eigenvalue weighted by atomic mass is 10.1. The summed E-state index contributed by atoms with van der Waals surface area (Å²) in [6, 6.07) is -4.55. The molecule has 2 saturated heterocycles. The van der Waals surface area contributed by atoms with E-state index in [9.17, 15) is 82.4 Å². The Balaban J connectivity index is 1.27. The maximum atomic E-state index is 14.1. The third kappa shape index (κ3) is 20.9. The number of unbranched alkanes of at least 4 members (excludes halogenated alkanes) is 2. The molecule has 31 nitrogen and oxygen atoms in total. The molecule has 2 aliphatic heterocycles. The van der Waals surface area contributed by atoms with E-state index in [1.54, 1.807) is 6.20 Å². The van der Waals surface area contributed by atoms with Crippen LogP contribution in [0.4, 0.5) is 23.6 Å². The molecule has 12 N–H and O–H groups in total. The summed E-state index contributed by atoms with van der Waals surface area (Å²) < 4.78 is 14.3. The Labute approximate surface area is 450 Å². The summed E-state index contributed by atoms with van der Waals surface area (Å²) in [4.78, 5) is 153. The molecule has 2 aromatic rings. The maximum absolute atomic E-state index is 14.1. The number of urea groups is 4. The van der Waals surface area contributed by atoms with Gasteiger partial charge in [0.05, 0.1) is 24.3 Å². The number of alkyl halides is 1. The first-order valence-corrected chi connectivity index (χ1v) is 25.3. The van der Waals surface area contributed by atoms with Crippen LogP contribution in [0.5, 0.6) is 0 Å². The first-order valence-electron chi connectivity index (χ1n) is 25.3. The minimum atomic E-state index is -1.56. The second-order valence-corrected chi connectivity index (χ2v) is 18.4. The Morgan fingerprint density at radius 2 is 0.861 bits per heavy atom. The molecule has 0 spiro atoms. The van der Waals surface area contributed by atoms with Crippen molar-refractivity contribution in [2.75, 3.05) is 72.1 Å². The van der Waals surface area contributed by atoms with Gasteiger partial charge in [0.1, 0.15) is 24.2 Å². The molecular weight excluding hydrogens is 1050 g/mol. The van der Waals surface area contributed by atoms with Gasteiger partial charge in [0.15, 0.2) is 0 Å². The van der Waals surface area contributed by atoms with Gasteiger partial charge < -0.3 is 82.1 Å². The highest BCUT2D eigenvalue weighted by Crippen LogP contribution is 2.20. The number of halogens is 1. The van der Waals surface area contributed by atoms with Crippen LogP contribution in [-0.4, -0.2) is 233 Å². The molecule has 434 valence electrons. The molecule has 2 aliphatic rings. The van der Waals surface area contributed by atoms with E-state index in [-0.39, 0.29) is 115 Å². The van der Waals surface area contributed by atoms with Crippen LogP contribution >= 0.6 is 0 Å². The number of carbonyl (C=O) groups excluding carboxylic acids is 6. The lowest BCUT2D eigenvalue weighted by Gasteiger charge is -2.35. The van der Waals surface area contributed by atoms with Crippen LogP contribution in [-0.2, 0) is 35.2 Å². The first kappa shape index (κ1) is 62.7. The Morgan fingerprint density at radius 1 is 0.494 bits per heavy atom. The van der Waals surface area contributed by atoms with Crippen molar-refractivity contribution in [2.45, 2.75) is 101 Å². The lowest BCUT2D eigenvalue weighted by Crippen LogP contribution is -2.53. The van der Waals surface area contributed by atoms with Crippen molar-refractivity contribution in [3.8, 4) is 5.69 Å². The number of rotatable bonds is 30. The summed E-state index contributed by atoms with van der Waals surface area (Å²) >= 11 is 0. The van der Waals surface area contributed by atoms with E-state index in [1.165, 1.54) is 42.5 Å². The van der Waals surface area contributed by atoms with Crippen molar-refractivity contribution >= 4 is 71.8 Å². The van der Waals surface area contributed by atoms with Gasteiger partial charge in [-0.1, -0.05) is 5.21 Å². The first-order chi connectivity index (χ1) is 37.6. The molecular formula is C47H66FN13O18. The number of aliphatic carboxylic acids is 6. The number of aromatic nitrogens is 3. The maximum Gasteiger partial charge on any atom is 0.326 e. The summed E-state index contributed by atoms with van der Waals surface area (Å²) in [7, 11) is 0. The molecule has 1 aromatic carbocycles. The van der Waals surface area contributed by atoms with E-state index in [2.05, 4.69) is 42.2 Å². The van der Waals surface area contributed by atoms with Gasteiger partial charge in [-0.2, -0.15) is 0 Å². The second kappa shape index (κ2) is 31.4. The van der Waals surface area contributed by atoms with E-state index in [4.69, 9.17) is 10.2 Å². The van der Waals surface area contributed by atoms with Gasteiger partial charge in [-0.15, -0.1) is 5.10 Å². The minimum Gasteiger partial charge on any atom is -0.481 e. The number of carboxylic acid groups (broad SMARTS) is 6. The highest BCUT2D eigenvalue weighted by Gasteiger charge is 2.31. The molecule has 0 bridgehead atoms. The van der Waals surface area contributed by atoms with E-state index in [1.807, 2.05) is 0 Å². The van der Waals surface area contributed by atoms with Crippen molar-refractivity contribution < 1.29 is 92.6 Å². The van der Waals surface area contributed by atoms with E-state index >= 15 is 0 Å². The van der Waals surface area contributed by atoms with Crippen LogP contribution in [0, 0.1) is 0 Å². The Bertz CT molecular complexity index is 2370. The van der Waals surface area contributed by atoms with Gasteiger partial charge in [0, 0.05) is 89.4 Å². The van der Waals surface area contributed by atoms with E-state index in [0.29, 0.717) is 24.2 Å². The lowest BCUT2D eigenvalue weighted by molar-refractivity contribution is -0.142. The molecule has 3 heterocycles. The summed E-state index contributed by atoms with van der Waals surface area (Å²) in [5, 5.41) is 77.4. The molecule has 0 aliphatic carbocycles. The number of benzene rings is 1. The van der Waals surface area contributed by atoms with Crippen molar-refractivity contribution in [3.05, 3.63) is 41.2 Å². The molecule has 0 saturated carbocycles. The molecule has 79 heavy (non-hydrogen) atoms. The highest BCUT2D eigenvalue weighted by atomic mass is 19.1. The average molecular weight is 1120 g/mol. The number of hydrogen-bond acceptors (Lipinski definition) is 14.